The lowest BCUT2D eigenvalue weighted by molar-refractivity contribution is 0.153. The van der Waals surface area contributed by atoms with E-state index in [-0.39, 0.29) is 12.7 Å². The van der Waals surface area contributed by atoms with E-state index in [1.807, 2.05) is 0 Å². The zero-order valence-electron chi connectivity index (χ0n) is 7.27. The second-order valence-corrected chi connectivity index (χ2v) is 3.06. The Balaban J connectivity index is 1.93. The zero-order valence-corrected chi connectivity index (χ0v) is 7.27. The third kappa shape index (κ3) is 1.92. The number of aliphatic hydroxyl groups excluding tert-OH is 1. The summed E-state index contributed by atoms with van der Waals surface area (Å²) in [6, 6.07) is 3.46. The molecule has 0 aliphatic heterocycles. The molecule has 1 aliphatic carbocycles. The molecule has 0 amide bonds. The van der Waals surface area contributed by atoms with E-state index in [0.717, 1.165) is 12.8 Å². The van der Waals surface area contributed by atoms with Gasteiger partial charge in [0, 0.05) is 18.9 Å². The van der Waals surface area contributed by atoms with E-state index in [4.69, 9.17) is 14.3 Å². The normalized spacial score (nSPS) is 16.7. The molecule has 70 valence electrons. The largest absolute Gasteiger partial charge is 0.461 e. The van der Waals surface area contributed by atoms with Crippen LogP contribution in [0.4, 0.5) is 0 Å². The van der Waals surface area contributed by atoms with Crippen molar-refractivity contribution in [2.75, 3.05) is 0 Å². The summed E-state index contributed by atoms with van der Waals surface area (Å²) in [6.45, 7) is -0.0771. The molecule has 0 atom stereocenters. The summed E-state index contributed by atoms with van der Waals surface area (Å²) in [5.74, 6) is 1.04. The number of aliphatic hydroxyl groups is 1. The Bertz CT molecular complexity index is 293. The molecule has 13 heavy (non-hydrogen) atoms. The van der Waals surface area contributed by atoms with Crippen molar-refractivity contribution in [1.82, 2.24) is 0 Å². The molecule has 0 unspecified atom stereocenters. The van der Waals surface area contributed by atoms with Gasteiger partial charge in [-0.15, -0.1) is 0 Å². The van der Waals surface area contributed by atoms with E-state index >= 15 is 0 Å². The SMILES string of the molecule is OCc1ccc(OC2CC=CC2)o1. The van der Waals surface area contributed by atoms with Gasteiger partial charge in [0.1, 0.15) is 18.5 Å². The van der Waals surface area contributed by atoms with Crippen molar-refractivity contribution >= 4 is 0 Å². The highest BCUT2D eigenvalue weighted by Crippen LogP contribution is 2.21. The van der Waals surface area contributed by atoms with Crippen LogP contribution in [-0.2, 0) is 6.61 Å². The van der Waals surface area contributed by atoms with E-state index in [2.05, 4.69) is 12.2 Å². The second kappa shape index (κ2) is 3.66. The highest BCUT2D eigenvalue weighted by molar-refractivity contribution is 5.12. The van der Waals surface area contributed by atoms with Crippen molar-refractivity contribution in [3.63, 3.8) is 0 Å². The van der Waals surface area contributed by atoms with E-state index < -0.39 is 0 Å². The molecular weight excluding hydrogens is 168 g/mol. The fraction of sp³-hybridized carbons (Fsp3) is 0.400. The Hall–Kier alpha value is -1.22. The van der Waals surface area contributed by atoms with Crippen molar-refractivity contribution < 1.29 is 14.3 Å². The lowest BCUT2D eigenvalue weighted by Crippen LogP contribution is -2.10. The van der Waals surface area contributed by atoms with Crippen LogP contribution < -0.4 is 4.74 Å². The molecule has 1 heterocycles. The summed E-state index contributed by atoms with van der Waals surface area (Å²) in [7, 11) is 0. The highest BCUT2D eigenvalue weighted by Gasteiger charge is 2.13. The Kier molecular flexibility index (Phi) is 2.36. The van der Waals surface area contributed by atoms with Crippen LogP contribution in [-0.4, -0.2) is 11.2 Å². The molecule has 0 saturated carbocycles. The van der Waals surface area contributed by atoms with Gasteiger partial charge < -0.3 is 14.3 Å². The standard InChI is InChI=1S/C10H12O3/c11-7-9-5-6-10(13-9)12-8-3-1-2-4-8/h1-2,5-6,8,11H,3-4,7H2. The molecule has 2 rings (SSSR count). The van der Waals surface area contributed by atoms with E-state index in [1.54, 1.807) is 12.1 Å². The maximum atomic E-state index is 8.75. The summed E-state index contributed by atoms with van der Waals surface area (Å²) in [6.07, 6.45) is 6.28. The molecule has 0 bridgehead atoms. The smallest absolute Gasteiger partial charge is 0.284 e. The van der Waals surface area contributed by atoms with Gasteiger partial charge >= 0.3 is 0 Å². The van der Waals surface area contributed by atoms with Crippen molar-refractivity contribution in [2.45, 2.75) is 25.6 Å². The first-order valence-corrected chi connectivity index (χ1v) is 4.39. The molecule has 0 fully saturated rings. The maximum Gasteiger partial charge on any atom is 0.284 e. The van der Waals surface area contributed by atoms with Gasteiger partial charge in [0.2, 0.25) is 0 Å². The molecule has 3 nitrogen and oxygen atoms in total. The molecule has 0 radical (unpaired) electrons. The average Bonchev–Trinajstić information content (AvgIpc) is 2.76. The molecule has 1 aromatic heterocycles. The minimum Gasteiger partial charge on any atom is -0.461 e. The predicted molar refractivity (Wildman–Crippen MR) is 47.4 cm³/mol. The summed E-state index contributed by atoms with van der Waals surface area (Å²) in [4.78, 5) is 0. The van der Waals surface area contributed by atoms with Crippen molar-refractivity contribution in [3.8, 4) is 5.95 Å². The molecule has 0 aromatic carbocycles. The molecule has 0 saturated heterocycles. The van der Waals surface area contributed by atoms with E-state index in [9.17, 15) is 0 Å². The third-order valence-corrected chi connectivity index (χ3v) is 2.04. The third-order valence-electron chi connectivity index (χ3n) is 2.04. The zero-order chi connectivity index (χ0) is 9.10. The summed E-state index contributed by atoms with van der Waals surface area (Å²) >= 11 is 0. The maximum absolute atomic E-state index is 8.75. The number of hydrogen-bond acceptors (Lipinski definition) is 3. The number of furan rings is 1. The molecule has 1 aromatic rings. The molecule has 0 spiro atoms. The van der Waals surface area contributed by atoms with Crippen LogP contribution in [0.25, 0.3) is 0 Å². The van der Waals surface area contributed by atoms with Crippen LogP contribution in [0, 0.1) is 0 Å². The minimum atomic E-state index is -0.0771. The van der Waals surface area contributed by atoms with Crippen molar-refractivity contribution in [3.05, 3.63) is 30.0 Å². The lowest BCUT2D eigenvalue weighted by Gasteiger charge is -2.09. The van der Waals surface area contributed by atoms with Gasteiger partial charge in [-0.25, -0.2) is 0 Å². The van der Waals surface area contributed by atoms with Crippen LogP contribution in [0.1, 0.15) is 18.6 Å². The summed E-state index contributed by atoms with van der Waals surface area (Å²) in [5, 5.41) is 8.75. The number of rotatable bonds is 3. The monoisotopic (exact) mass is 180 g/mol. The van der Waals surface area contributed by atoms with E-state index in [0.29, 0.717) is 11.7 Å². The topological polar surface area (TPSA) is 42.6 Å². The van der Waals surface area contributed by atoms with Crippen LogP contribution in [0.2, 0.25) is 0 Å². The number of hydrogen-bond donors (Lipinski definition) is 1. The van der Waals surface area contributed by atoms with Gasteiger partial charge in [-0.3, -0.25) is 0 Å². The summed E-state index contributed by atoms with van der Waals surface area (Å²) in [5.41, 5.74) is 0. The summed E-state index contributed by atoms with van der Waals surface area (Å²) < 4.78 is 10.7. The van der Waals surface area contributed by atoms with Gasteiger partial charge in [0.25, 0.3) is 5.95 Å². The molecular formula is C10H12O3. The van der Waals surface area contributed by atoms with Gasteiger partial charge in [-0.2, -0.15) is 0 Å². The van der Waals surface area contributed by atoms with Gasteiger partial charge in [-0.1, -0.05) is 12.2 Å². The Morgan fingerprint density at radius 2 is 2.15 bits per heavy atom. The van der Waals surface area contributed by atoms with Gasteiger partial charge in [-0.05, 0) is 6.07 Å². The van der Waals surface area contributed by atoms with Crippen molar-refractivity contribution in [2.24, 2.45) is 0 Å². The Labute approximate surface area is 76.6 Å². The molecule has 1 N–H and O–H groups in total. The Morgan fingerprint density at radius 3 is 2.77 bits per heavy atom. The molecule has 3 heteroatoms. The highest BCUT2D eigenvalue weighted by atomic mass is 16.6. The fourth-order valence-electron chi connectivity index (χ4n) is 1.36. The molecule has 1 aliphatic rings. The fourth-order valence-corrected chi connectivity index (χ4v) is 1.36. The van der Waals surface area contributed by atoms with Crippen LogP contribution in [0.15, 0.2) is 28.7 Å². The van der Waals surface area contributed by atoms with Gasteiger partial charge in [0.15, 0.2) is 0 Å². The van der Waals surface area contributed by atoms with E-state index in [1.165, 1.54) is 0 Å². The first kappa shape index (κ1) is 8.38. The van der Waals surface area contributed by atoms with Crippen LogP contribution in [0.3, 0.4) is 0 Å². The first-order valence-electron chi connectivity index (χ1n) is 4.39. The first-order chi connectivity index (χ1) is 6.38. The van der Waals surface area contributed by atoms with Gasteiger partial charge in [0.05, 0.1) is 0 Å². The lowest BCUT2D eigenvalue weighted by atomic mass is 10.3. The number of ether oxygens (including phenoxy) is 1. The second-order valence-electron chi connectivity index (χ2n) is 3.06. The average molecular weight is 180 g/mol. The Morgan fingerprint density at radius 1 is 1.38 bits per heavy atom. The predicted octanol–water partition coefficient (Wildman–Crippen LogP) is 1.87. The van der Waals surface area contributed by atoms with Crippen LogP contribution in [0.5, 0.6) is 5.95 Å². The quantitative estimate of drug-likeness (QED) is 0.722. The van der Waals surface area contributed by atoms with Crippen LogP contribution >= 0.6 is 0 Å². The van der Waals surface area contributed by atoms with Crippen molar-refractivity contribution in [1.29, 1.82) is 0 Å². The minimum absolute atomic E-state index is 0.0771.